The fraction of sp³-hybridized carbons (Fsp3) is 0.900. The Morgan fingerprint density at radius 2 is 2.08 bits per heavy atom. The van der Waals surface area contributed by atoms with Crippen molar-refractivity contribution >= 4 is 5.91 Å². The number of amides is 1. The molecule has 3 nitrogen and oxygen atoms in total. The molecule has 0 aromatic carbocycles. The van der Waals surface area contributed by atoms with Gasteiger partial charge in [0.15, 0.2) is 0 Å². The number of hydrogen-bond donors (Lipinski definition) is 1. The van der Waals surface area contributed by atoms with Crippen LogP contribution in [0.2, 0.25) is 0 Å². The van der Waals surface area contributed by atoms with Crippen molar-refractivity contribution in [2.45, 2.75) is 45.6 Å². The zero-order valence-corrected chi connectivity index (χ0v) is 8.50. The summed E-state index contributed by atoms with van der Waals surface area (Å²) in [6, 6.07) is 0. The molecule has 2 fully saturated rings. The van der Waals surface area contributed by atoms with Crippen molar-refractivity contribution in [3.63, 3.8) is 0 Å². The van der Waals surface area contributed by atoms with Crippen LogP contribution >= 0.6 is 0 Å². The monoisotopic (exact) mass is 183 g/mol. The number of rotatable bonds is 0. The Labute approximate surface area is 78.7 Å². The molecule has 3 heteroatoms. The molecular formula is C10H17NO2. The van der Waals surface area contributed by atoms with Crippen LogP contribution in [0.3, 0.4) is 0 Å². The third-order valence-electron chi connectivity index (χ3n) is 4.51. The van der Waals surface area contributed by atoms with E-state index in [0.29, 0.717) is 12.3 Å². The van der Waals surface area contributed by atoms with E-state index in [1.807, 2.05) is 6.92 Å². The zero-order chi connectivity index (χ0) is 9.85. The maximum Gasteiger partial charge on any atom is 0.246 e. The van der Waals surface area contributed by atoms with E-state index in [2.05, 4.69) is 13.8 Å². The van der Waals surface area contributed by atoms with E-state index >= 15 is 0 Å². The average Bonchev–Trinajstić information content (AvgIpc) is 2.18. The first-order chi connectivity index (χ1) is 5.89. The number of nitrogens with zero attached hydrogens (tertiary/aromatic N) is 1. The number of hydroxylamine groups is 2. The van der Waals surface area contributed by atoms with Crippen molar-refractivity contribution in [3.8, 4) is 0 Å². The Bertz CT molecular complexity index is 262. The maximum atomic E-state index is 11.4. The second-order valence-corrected chi connectivity index (χ2v) is 5.14. The van der Waals surface area contributed by atoms with Crippen molar-refractivity contribution in [1.82, 2.24) is 5.06 Å². The van der Waals surface area contributed by atoms with Gasteiger partial charge in [-0.1, -0.05) is 13.8 Å². The lowest BCUT2D eigenvalue weighted by atomic mass is 9.67. The molecule has 2 aliphatic rings. The summed E-state index contributed by atoms with van der Waals surface area (Å²) in [6.45, 7) is 6.30. The standard InChI is InChI=1S/C10H17NO2/c1-9(2)7-4-5-10(9,3)11(13)8(12)6-7/h7,13H,4-6H2,1-3H3/t7-,10-/m1/s1. The van der Waals surface area contributed by atoms with Gasteiger partial charge in [-0.05, 0) is 31.1 Å². The Balaban J connectivity index is 2.44. The van der Waals surface area contributed by atoms with Crippen molar-refractivity contribution < 1.29 is 10.0 Å². The van der Waals surface area contributed by atoms with Gasteiger partial charge in [0.2, 0.25) is 5.91 Å². The third kappa shape index (κ3) is 0.857. The third-order valence-corrected chi connectivity index (χ3v) is 4.51. The lowest BCUT2D eigenvalue weighted by Gasteiger charge is -2.49. The zero-order valence-electron chi connectivity index (χ0n) is 8.50. The summed E-state index contributed by atoms with van der Waals surface area (Å²) in [5, 5.41) is 10.7. The van der Waals surface area contributed by atoms with Gasteiger partial charge in [0.1, 0.15) is 0 Å². The van der Waals surface area contributed by atoms with E-state index < -0.39 is 0 Å². The second-order valence-electron chi connectivity index (χ2n) is 5.14. The molecule has 0 radical (unpaired) electrons. The molecule has 0 aromatic heterocycles. The first-order valence-corrected chi connectivity index (χ1v) is 4.91. The normalized spacial score (nSPS) is 42.6. The summed E-state index contributed by atoms with van der Waals surface area (Å²) in [4.78, 5) is 11.4. The first kappa shape index (κ1) is 9.00. The summed E-state index contributed by atoms with van der Waals surface area (Å²) in [7, 11) is 0. The smallest absolute Gasteiger partial charge is 0.246 e. The SMILES string of the molecule is CC1(C)[C@@H]2CC[C@@]1(C)N(O)C(=O)C2. The number of fused-ring (bicyclic) bond motifs is 2. The molecule has 13 heavy (non-hydrogen) atoms. The number of carbonyl (C=O) groups is 1. The molecule has 2 bridgehead atoms. The molecule has 1 amide bonds. The predicted molar refractivity (Wildman–Crippen MR) is 48.2 cm³/mol. The number of hydrogen-bond acceptors (Lipinski definition) is 2. The quantitative estimate of drug-likeness (QED) is 0.582. The van der Waals surface area contributed by atoms with Crippen LogP contribution in [0.5, 0.6) is 0 Å². The van der Waals surface area contributed by atoms with Crippen LogP contribution in [0.4, 0.5) is 0 Å². The molecule has 74 valence electrons. The Morgan fingerprint density at radius 1 is 1.46 bits per heavy atom. The van der Waals surface area contributed by atoms with Gasteiger partial charge in [0.05, 0.1) is 5.54 Å². The topological polar surface area (TPSA) is 40.5 Å². The Kier molecular flexibility index (Phi) is 1.57. The molecule has 0 unspecified atom stereocenters. The fourth-order valence-electron chi connectivity index (χ4n) is 2.89. The van der Waals surface area contributed by atoms with Gasteiger partial charge in [-0.3, -0.25) is 10.0 Å². The lowest BCUT2D eigenvalue weighted by Crippen LogP contribution is -2.59. The van der Waals surface area contributed by atoms with Crippen molar-refractivity contribution in [2.75, 3.05) is 0 Å². The summed E-state index contributed by atoms with van der Waals surface area (Å²) < 4.78 is 0. The minimum atomic E-state index is -0.340. The minimum absolute atomic E-state index is 0.0513. The molecule has 2 rings (SSSR count). The minimum Gasteiger partial charge on any atom is -0.285 e. The maximum absolute atomic E-state index is 11.4. The number of carbonyl (C=O) groups excluding carboxylic acids is 1. The molecular weight excluding hydrogens is 166 g/mol. The average molecular weight is 183 g/mol. The first-order valence-electron chi connectivity index (χ1n) is 4.91. The molecule has 2 atom stereocenters. The van der Waals surface area contributed by atoms with Crippen LogP contribution in [0, 0.1) is 11.3 Å². The van der Waals surface area contributed by atoms with E-state index in [4.69, 9.17) is 0 Å². The van der Waals surface area contributed by atoms with Gasteiger partial charge in [-0.15, -0.1) is 0 Å². The summed E-state index contributed by atoms with van der Waals surface area (Å²) in [5.74, 6) is 0.345. The number of piperidine rings is 1. The van der Waals surface area contributed by atoms with Crippen LogP contribution in [0.25, 0.3) is 0 Å². The van der Waals surface area contributed by atoms with Gasteiger partial charge < -0.3 is 0 Å². The van der Waals surface area contributed by atoms with Gasteiger partial charge in [0, 0.05) is 6.42 Å². The summed E-state index contributed by atoms with van der Waals surface area (Å²) in [6.07, 6.45) is 2.50. The molecule has 1 aliphatic carbocycles. The molecule has 1 N–H and O–H groups in total. The molecule has 1 saturated heterocycles. The van der Waals surface area contributed by atoms with Crippen molar-refractivity contribution in [1.29, 1.82) is 0 Å². The van der Waals surface area contributed by atoms with Crippen LogP contribution < -0.4 is 0 Å². The van der Waals surface area contributed by atoms with Gasteiger partial charge >= 0.3 is 0 Å². The van der Waals surface area contributed by atoms with E-state index in [0.717, 1.165) is 17.9 Å². The second kappa shape index (κ2) is 2.27. The van der Waals surface area contributed by atoms with E-state index in [9.17, 15) is 10.0 Å². The predicted octanol–water partition coefficient (Wildman–Crippen LogP) is 1.80. The highest BCUT2D eigenvalue weighted by Crippen LogP contribution is 2.56. The largest absolute Gasteiger partial charge is 0.285 e. The Morgan fingerprint density at radius 3 is 2.69 bits per heavy atom. The van der Waals surface area contributed by atoms with Gasteiger partial charge in [-0.2, -0.15) is 0 Å². The molecule has 1 heterocycles. The molecule has 0 aromatic rings. The molecule has 1 saturated carbocycles. The lowest BCUT2D eigenvalue weighted by molar-refractivity contribution is -0.221. The van der Waals surface area contributed by atoms with Gasteiger partial charge in [-0.25, -0.2) is 5.06 Å². The van der Waals surface area contributed by atoms with Crippen LogP contribution in [-0.2, 0) is 4.79 Å². The van der Waals surface area contributed by atoms with E-state index in [1.165, 1.54) is 0 Å². The van der Waals surface area contributed by atoms with Crippen molar-refractivity contribution in [3.05, 3.63) is 0 Å². The highest BCUT2D eigenvalue weighted by atomic mass is 16.5. The highest BCUT2D eigenvalue weighted by Gasteiger charge is 2.59. The van der Waals surface area contributed by atoms with E-state index in [-0.39, 0.29) is 16.9 Å². The van der Waals surface area contributed by atoms with Crippen LogP contribution in [0.15, 0.2) is 0 Å². The molecule has 1 aliphatic heterocycles. The van der Waals surface area contributed by atoms with Crippen molar-refractivity contribution in [2.24, 2.45) is 11.3 Å². The fourth-order valence-corrected chi connectivity index (χ4v) is 2.89. The highest BCUT2D eigenvalue weighted by molar-refractivity contribution is 5.78. The van der Waals surface area contributed by atoms with Crippen LogP contribution in [-0.4, -0.2) is 21.7 Å². The molecule has 0 spiro atoms. The Hall–Kier alpha value is -0.570. The summed E-state index contributed by atoms with van der Waals surface area (Å²) in [5.41, 5.74) is -0.289. The van der Waals surface area contributed by atoms with Gasteiger partial charge in [0.25, 0.3) is 0 Å². The van der Waals surface area contributed by atoms with Crippen LogP contribution in [0.1, 0.15) is 40.0 Å². The summed E-state index contributed by atoms with van der Waals surface area (Å²) >= 11 is 0. The van der Waals surface area contributed by atoms with E-state index in [1.54, 1.807) is 0 Å².